The third-order valence-electron chi connectivity index (χ3n) is 6.18. The van der Waals surface area contributed by atoms with Gasteiger partial charge in [-0.1, -0.05) is 12.8 Å². The highest BCUT2D eigenvalue weighted by molar-refractivity contribution is 5.68. The first-order valence-corrected chi connectivity index (χ1v) is 9.36. The summed E-state index contributed by atoms with van der Waals surface area (Å²) in [6.07, 6.45) is 9.25. The molecule has 0 saturated heterocycles. The van der Waals surface area contributed by atoms with Gasteiger partial charge < -0.3 is 14.8 Å². The normalized spacial score (nSPS) is 19.4. The predicted molar refractivity (Wildman–Crippen MR) is 97.3 cm³/mol. The van der Waals surface area contributed by atoms with Gasteiger partial charge in [-0.25, -0.2) is 4.98 Å². The van der Waals surface area contributed by atoms with E-state index in [-0.39, 0.29) is 12.2 Å². The number of nitrogens with one attached hydrogen (secondary N) is 1. The first-order valence-electron chi connectivity index (χ1n) is 9.36. The van der Waals surface area contributed by atoms with Crippen molar-refractivity contribution in [2.45, 2.75) is 43.9 Å². The Morgan fingerprint density at radius 2 is 1.92 bits per heavy atom. The summed E-state index contributed by atoms with van der Waals surface area (Å²) in [5.74, 6) is 2.62. The maximum Gasteiger partial charge on any atom is 0.231 e. The second kappa shape index (κ2) is 5.13. The molecule has 3 aliphatic rings. The van der Waals surface area contributed by atoms with Crippen LogP contribution in [0.25, 0.3) is 5.65 Å². The standard InChI is InChI=1S/C20H20N4O2/c1-2-8-20(7-1)9-5-14-18(20)23-17-6-10-21-24(17)19(14)22-13-3-4-15-16(11-13)26-12-25-15/h3-4,6,10-11,22H,1-2,5,7-9,12H2. The topological polar surface area (TPSA) is 60.7 Å². The summed E-state index contributed by atoms with van der Waals surface area (Å²) in [5, 5.41) is 8.11. The van der Waals surface area contributed by atoms with Gasteiger partial charge in [0.15, 0.2) is 17.1 Å². The number of fused-ring (bicyclic) bond motifs is 4. The monoisotopic (exact) mass is 348 g/mol. The minimum absolute atomic E-state index is 0.284. The summed E-state index contributed by atoms with van der Waals surface area (Å²) >= 11 is 0. The van der Waals surface area contributed by atoms with Crippen LogP contribution in [0.5, 0.6) is 11.5 Å². The first-order chi connectivity index (χ1) is 12.8. The number of nitrogens with zero attached hydrogens (tertiary/aromatic N) is 3. The quantitative estimate of drug-likeness (QED) is 0.759. The molecule has 6 nitrogen and oxygen atoms in total. The van der Waals surface area contributed by atoms with Gasteiger partial charge in [-0.2, -0.15) is 9.61 Å². The van der Waals surface area contributed by atoms with Gasteiger partial charge in [-0.05, 0) is 37.8 Å². The van der Waals surface area contributed by atoms with Gasteiger partial charge >= 0.3 is 0 Å². The first kappa shape index (κ1) is 14.4. The number of aromatic nitrogens is 3. The average Bonchev–Trinajstić information content (AvgIpc) is 3.43. The van der Waals surface area contributed by atoms with Crippen molar-refractivity contribution in [1.82, 2.24) is 14.6 Å². The smallest absolute Gasteiger partial charge is 0.231 e. The van der Waals surface area contributed by atoms with E-state index in [1.54, 1.807) is 0 Å². The van der Waals surface area contributed by atoms with E-state index < -0.39 is 0 Å². The van der Waals surface area contributed by atoms with Crippen molar-refractivity contribution in [2.24, 2.45) is 0 Å². The number of benzene rings is 1. The van der Waals surface area contributed by atoms with Crippen LogP contribution in [-0.2, 0) is 11.8 Å². The molecular formula is C20H20N4O2. The van der Waals surface area contributed by atoms with E-state index in [1.165, 1.54) is 43.4 Å². The lowest BCUT2D eigenvalue weighted by atomic mass is 9.83. The molecule has 0 amide bonds. The van der Waals surface area contributed by atoms with Gasteiger partial charge in [0.1, 0.15) is 5.82 Å². The van der Waals surface area contributed by atoms with E-state index in [0.717, 1.165) is 35.1 Å². The SMILES string of the molecule is c1cc2nc3c(c(Nc4ccc5c(c4)OCO5)n2n1)CCC31CCCC1. The summed E-state index contributed by atoms with van der Waals surface area (Å²) in [7, 11) is 0. The summed E-state index contributed by atoms with van der Waals surface area (Å²) in [6, 6.07) is 7.96. The second-order valence-electron chi connectivity index (χ2n) is 7.57. The van der Waals surface area contributed by atoms with Gasteiger partial charge in [0.2, 0.25) is 6.79 Å². The molecule has 1 aromatic carbocycles. The van der Waals surface area contributed by atoms with E-state index in [1.807, 2.05) is 35.0 Å². The molecular weight excluding hydrogens is 328 g/mol. The van der Waals surface area contributed by atoms with Crippen LogP contribution in [0, 0.1) is 0 Å². The summed E-state index contributed by atoms with van der Waals surface area (Å²) < 4.78 is 12.9. The van der Waals surface area contributed by atoms with Crippen LogP contribution in [0.3, 0.4) is 0 Å². The molecule has 132 valence electrons. The number of hydrogen-bond donors (Lipinski definition) is 1. The Hall–Kier alpha value is -2.76. The van der Waals surface area contributed by atoms with Crippen LogP contribution in [-0.4, -0.2) is 21.4 Å². The highest BCUT2D eigenvalue weighted by atomic mass is 16.7. The maximum absolute atomic E-state index is 5.52. The van der Waals surface area contributed by atoms with E-state index >= 15 is 0 Å². The second-order valence-corrected chi connectivity index (χ2v) is 7.57. The zero-order valence-electron chi connectivity index (χ0n) is 14.5. The van der Waals surface area contributed by atoms with Crippen LogP contribution in [0.1, 0.15) is 43.4 Å². The summed E-state index contributed by atoms with van der Waals surface area (Å²) in [5.41, 5.74) is 4.80. The largest absolute Gasteiger partial charge is 0.454 e. The maximum atomic E-state index is 5.52. The van der Waals surface area contributed by atoms with Gasteiger partial charge in [-0.15, -0.1) is 0 Å². The molecule has 6 rings (SSSR count). The molecule has 1 aliphatic heterocycles. The van der Waals surface area contributed by atoms with Crippen molar-refractivity contribution in [3.05, 3.63) is 41.7 Å². The Balaban J connectivity index is 1.49. The van der Waals surface area contributed by atoms with Crippen molar-refractivity contribution < 1.29 is 9.47 Å². The molecule has 0 unspecified atom stereocenters. The molecule has 0 atom stereocenters. The molecule has 1 saturated carbocycles. The lowest BCUT2D eigenvalue weighted by Crippen LogP contribution is -2.20. The molecule has 2 aliphatic carbocycles. The molecule has 1 spiro atoms. The molecule has 26 heavy (non-hydrogen) atoms. The fourth-order valence-corrected chi connectivity index (χ4v) is 4.91. The number of ether oxygens (including phenoxy) is 2. The Morgan fingerprint density at radius 1 is 1.04 bits per heavy atom. The molecule has 1 fully saturated rings. The minimum Gasteiger partial charge on any atom is -0.454 e. The summed E-state index contributed by atoms with van der Waals surface area (Å²) in [6.45, 7) is 0.287. The number of rotatable bonds is 2. The Labute approximate surface area is 151 Å². The molecule has 1 N–H and O–H groups in total. The minimum atomic E-state index is 0.284. The number of hydrogen-bond acceptors (Lipinski definition) is 5. The molecule has 2 aromatic heterocycles. The van der Waals surface area contributed by atoms with Crippen molar-refractivity contribution >= 4 is 17.2 Å². The lowest BCUT2D eigenvalue weighted by Gasteiger charge is -2.23. The van der Waals surface area contributed by atoms with Gasteiger partial charge in [0, 0.05) is 28.8 Å². The van der Waals surface area contributed by atoms with Gasteiger partial charge in [-0.3, -0.25) is 0 Å². The third kappa shape index (κ3) is 1.92. The fourth-order valence-electron chi connectivity index (χ4n) is 4.91. The highest BCUT2D eigenvalue weighted by Crippen LogP contribution is 2.51. The van der Waals surface area contributed by atoms with Crippen LogP contribution in [0.2, 0.25) is 0 Å². The van der Waals surface area contributed by atoms with Gasteiger partial charge in [0.05, 0.1) is 11.9 Å². The molecule has 3 heterocycles. The van der Waals surface area contributed by atoms with Crippen molar-refractivity contribution in [2.75, 3.05) is 12.1 Å². The van der Waals surface area contributed by atoms with E-state index in [2.05, 4.69) is 10.4 Å². The van der Waals surface area contributed by atoms with Gasteiger partial charge in [0.25, 0.3) is 0 Å². The highest BCUT2D eigenvalue weighted by Gasteiger charge is 2.44. The van der Waals surface area contributed by atoms with Crippen molar-refractivity contribution in [3.63, 3.8) is 0 Å². The molecule has 0 bridgehead atoms. The molecule has 6 heteroatoms. The molecule has 0 radical (unpaired) electrons. The van der Waals surface area contributed by atoms with Crippen molar-refractivity contribution in [1.29, 1.82) is 0 Å². The van der Waals surface area contributed by atoms with Crippen LogP contribution < -0.4 is 14.8 Å². The predicted octanol–water partition coefficient (Wildman–Crippen LogP) is 3.96. The van der Waals surface area contributed by atoms with E-state index in [0.29, 0.717) is 0 Å². The third-order valence-corrected chi connectivity index (χ3v) is 6.18. The van der Waals surface area contributed by atoms with Crippen LogP contribution in [0.4, 0.5) is 11.5 Å². The van der Waals surface area contributed by atoms with E-state index in [9.17, 15) is 0 Å². The fraction of sp³-hybridized carbons (Fsp3) is 0.400. The Morgan fingerprint density at radius 3 is 2.85 bits per heavy atom. The zero-order chi connectivity index (χ0) is 17.1. The zero-order valence-corrected chi connectivity index (χ0v) is 14.5. The van der Waals surface area contributed by atoms with E-state index in [4.69, 9.17) is 14.5 Å². The lowest BCUT2D eigenvalue weighted by molar-refractivity contribution is 0.174. The Kier molecular flexibility index (Phi) is 2.84. The number of anilines is 2. The summed E-state index contributed by atoms with van der Waals surface area (Å²) in [4.78, 5) is 5.03. The van der Waals surface area contributed by atoms with Crippen LogP contribution >= 0.6 is 0 Å². The van der Waals surface area contributed by atoms with Crippen LogP contribution in [0.15, 0.2) is 30.5 Å². The van der Waals surface area contributed by atoms with Crippen molar-refractivity contribution in [3.8, 4) is 11.5 Å². The molecule has 3 aromatic rings. The average molecular weight is 348 g/mol. The Bertz CT molecular complexity index is 1020.